The lowest BCUT2D eigenvalue weighted by Gasteiger charge is -2.28. The Hall–Kier alpha value is -2.65. The van der Waals surface area contributed by atoms with Crippen LogP contribution in [0.1, 0.15) is 45.6 Å². The van der Waals surface area contributed by atoms with Crippen molar-refractivity contribution in [1.29, 1.82) is 0 Å². The van der Waals surface area contributed by atoms with E-state index in [1.165, 1.54) is 5.57 Å². The van der Waals surface area contributed by atoms with E-state index in [9.17, 15) is 4.79 Å². The van der Waals surface area contributed by atoms with E-state index in [1.807, 2.05) is 32.9 Å². The monoisotopic (exact) mass is 381 g/mol. The lowest BCUT2D eigenvalue weighted by Crippen LogP contribution is -2.37. The lowest BCUT2D eigenvalue weighted by atomic mass is 9.97. The number of carbonyl (C=O) groups excluding carboxylic acids is 1. The minimum atomic E-state index is -0.443. The van der Waals surface area contributed by atoms with Gasteiger partial charge in [0.1, 0.15) is 11.7 Å². The molecular weight excluding hydrogens is 354 g/mol. The molecule has 2 aliphatic heterocycles. The van der Waals surface area contributed by atoms with Crippen LogP contribution in [0.5, 0.6) is 0 Å². The summed E-state index contributed by atoms with van der Waals surface area (Å²) in [5.74, 6) is -0.175. The van der Waals surface area contributed by atoms with E-state index in [0.717, 1.165) is 43.6 Å². The molecule has 0 fully saturated rings. The fourth-order valence-electron chi connectivity index (χ4n) is 3.37. The molecule has 0 radical (unpaired) electrons. The summed E-state index contributed by atoms with van der Waals surface area (Å²) >= 11 is 0. The van der Waals surface area contributed by atoms with Crippen molar-refractivity contribution < 1.29 is 14.4 Å². The second-order valence-electron chi connectivity index (χ2n) is 8.27. The third-order valence-corrected chi connectivity index (χ3v) is 4.71. The zero-order chi connectivity index (χ0) is 20.1. The summed E-state index contributed by atoms with van der Waals surface area (Å²) in [6, 6.07) is 7.46. The first-order valence-corrected chi connectivity index (χ1v) is 9.65. The highest BCUT2D eigenvalue weighted by Crippen LogP contribution is 2.25. The Bertz CT molecular complexity index is 813. The third-order valence-electron chi connectivity index (χ3n) is 4.71. The number of rotatable bonds is 5. The average Bonchev–Trinajstić information content (AvgIpc) is 3.10. The van der Waals surface area contributed by atoms with Crippen LogP contribution in [-0.4, -0.2) is 47.9 Å². The van der Waals surface area contributed by atoms with Crippen LogP contribution >= 0.6 is 0 Å². The van der Waals surface area contributed by atoms with Crippen molar-refractivity contribution in [2.24, 2.45) is 5.16 Å². The van der Waals surface area contributed by atoms with Crippen molar-refractivity contribution in [2.75, 3.05) is 19.6 Å². The predicted molar refractivity (Wildman–Crippen MR) is 108 cm³/mol. The Labute approximate surface area is 166 Å². The normalized spacial score (nSPS) is 20.0. The fourth-order valence-corrected chi connectivity index (χ4v) is 3.37. The third kappa shape index (κ3) is 5.67. The summed E-state index contributed by atoms with van der Waals surface area (Å²) in [6.45, 7) is 14.6. The molecule has 0 bridgehead atoms. The second kappa shape index (κ2) is 8.57. The van der Waals surface area contributed by atoms with Gasteiger partial charge in [0, 0.05) is 25.9 Å². The number of hydrogen-bond donors (Lipinski definition) is 0. The van der Waals surface area contributed by atoms with Crippen LogP contribution in [-0.2, 0) is 14.4 Å². The Morgan fingerprint density at radius 2 is 2.11 bits per heavy atom. The SMILES string of the molecule is [C-]#[N+]c1ccc(C2=NOC(CC3=CCN(CC(=O)OC(C)(C)C)CC3)C2)cc1. The van der Waals surface area contributed by atoms with Crippen LogP contribution in [0, 0.1) is 6.57 Å². The van der Waals surface area contributed by atoms with Crippen LogP contribution in [0.4, 0.5) is 5.69 Å². The summed E-state index contributed by atoms with van der Waals surface area (Å²) < 4.78 is 5.39. The van der Waals surface area contributed by atoms with Crippen LogP contribution in [0.25, 0.3) is 4.85 Å². The highest BCUT2D eigenvalue weighted by molar-refractivity contribution is 6.01. The van der Waals surface area contributed by atoms with Crippen molar-refractivity contribution in [3.8, 4) is 0 Å². The zero-order valence-electron chi connectivity index (χ0n) is 16.8. The number of oxime groups is 1. The first-order valence-electron chi connectivity index (χ1n) is 9.65. The molecule has 0 N–H and O–H groups in total. The Morgan fingerprint density at radius 3 is 2.71 bits per heavy atom. The van der Waals surface area contributed by atoms with Crippen molar-refractivity contribution in [2.45, 2.75) is 51.7 Å². The van der Waals surface area contributed by atoms with Crippen molar-refractivity contribution in [3.63, 3.8) is 0 Å². The summed E-state index contributed by atoms with van der Waals surface area (Å²) in [4.78, 5) is 23.1. The molecule has 0 saturated heterocycles. The van der Waals surface area contributed by atoms with Crippen LogP contribution in [0.15, 0.2) is 41.1 Å². The van der Waals surface area contributed by atoms with Gasteiger partial charge in [0.2, 0.25) is 0 Å². The second-order valence-corrected chi connectivity index (χ2v) is 8.27. The van der Waals surface area contributed by atoms with Gasteiger partial charge in [-0.15, -0.1) is 0 Å². The quantitative estimate of drug-likeness (QED) is 0.438. The highest BCUT2D eigenvalue weighted by atomic mass is 16.6. The summed E-state index contributed by atoms with van der Waals surface area (Å²) in [5, 5.41) is 4.24. The molecule has 2 aliphatic rings. The maximum atomic E-state index is 12.0. The Morgan fingerprint density at radius 1 is 1.36 bits per heavy atom. The standard InChI is InChI=1S/C22H27N3O3/c1-22(2,3)27-21(26)15-25-11-9-16(10-12-25)13-19-14-20(24-28-19)17-5-7-18(23-4)8-6-17/h5-9,19H,10-15H2,1-3H3. The van der Waals surface area contributed by atoms with E-state index in [1.54, 1.807) is 12.1 Å². The molecule has 0 aliphatic carbocycles. The summed E-state index contributed by atoms with van der Waals surface area (Å²) in [5.41, 5.74) is 3.48. The molecule has 0 spiro atoms. The number of nitrogens with zero attached hydrogens (tertiary/aromatic N) is 3. The Balaban J connectivity index is 1.45. The number of carbonyl (C=O) groups is 1. The van der Waals surface area contributed by atoms with E-state index < -0.39 is 5.60 Å². The molecule has 6 nitrogen and oxygen atoms in total. The highest BCUT2D eigenvalue weighted by Gasteiger charge is 2.25. The van der Waals surface area contributed by atoms with Gasteiger partial charge in [-0.1, -0.05) is 41.1 Å². The summed E-state index contributed by atoms with van der Waals surface area (Å²) in [7, 11) is 0. The van der Waals surface area contributed by atoms with Crippen molar-refractivity contribution >= 4 is 17.4 Å². The van der Waals surface area contributed by atoms with Crippen LogP contribution in [0.2, 0.25) is 0 Å². The van der Waals surface area contributed by atoms with Crippen LogP contribution < -0.4 is 0 Å². The fraction of sp³-hybridized carbons (Fsp3) is 0.500. The van der Waals surface area contributed by atoms with Crippen molar-refractivity contribution in [1.82, 2.24) is 4.90 Å². The van der Waals surface area contributed by atoms with Gasteiger partial charge in [-0.05, 0) is 32.8 Å². The van der Waals surface area contributed by atoms with Gasteiger partial charge in [0.05, 0.1) is 18.8 Å². The predicted octanol–water partition coefficient (Wildman–Crippen LogP) is 4.09. The average molecular weight is 381 g/mol. The van der Waals surface area contributed by atoms with Gasteiger partial charge in [-0.3, -0.25) is 9.69 Å². The molecular formula is C22H27N3O3. The number of hydrogen-bond acceptors (Lipinski definition) is 5. The summed E-state index contributed by atoms with van der Waals surface area (Å²) in [6.07, 6.45) is 4.81. The largest absolute Gasteiger partial charge is 0.459 e. The molecule has 1 atom stereocenters. The molecule has 2 heterocycles. The van der Waals surface area contributed by atoms with Gasteiger partial charge < -0.3 is 9.57 Å². The molecule has 1 aromatic rings. The van der Waals surface area contributed by atoms with E-state index >= 15 is 0 Å². The molecule has 6 heteroatoms. The van der Waals surface area contributed by atoms with Gasteiger partial charge in [-0.25, -0.2) is 4.85 Å². The topological polar surface area (TPSA) is 55.5 Å². The molecule has 0 saturated carbocycles. The van der Waals surface area contributed by atoms with E-state index in [2.05, 4.69) is 21.0 Å². The number of esters is 1. The molecule has 3 rings (SSSR count). The first-order chi connectivity index (χ1) is 13.3. The van der Waals surface area contributed by atoms with Gasteiger partial charge in [0.25, 0.3) is 0 Å². The molecule has 0 amide bonds. The van der Waals surface area contributed by atoms with Crippen LogP contribution in [0.3, 0.4) is 0 Å². The smallest absolute Gasteiger partial charge is 0.320 e. The van der Waals surface area contributed by atoms with Gasteiger partial charge in [-0.2, -0.15) is 0 Å². The minimum absolute atomic E-state index is 0.0548. The lowest BCUT2D eigenvalue weighted by molar-refractivity contribution is -0.156. The molecule has 0 aromatic heterocycles. The molecule has 148 valence electrons. The minimum Gasteiger partial charge on any atom is -0.459 e. The number of ether oxygens (including phenoxy) is 1. The van der Waals surface area contributed by atoms with E-state index in [-0.39, 0.29) is 12.1 Å². The van der Waals surface area contributed by atoms with E-state index in [4.69, 9.17) is 16.1 Å². The molecule has 1 aromatic carbocycles. The Kier molecular flexibility index (Phi) is 6.15. The maximum Gasteiger partial charge on any atom is 0.320 e. The zero-order valence-corrected chi connectivity index (χ0v) is 16.8. The van der Waals surface area contributed by atoms with E-state index in [0.29, 0.717) is 12.2 Å². The molecule has 1 unspecified atom stereocenters. The maximum absolute atomic E-state index is 12.0. The van der Waals surface area contributed by atoms with Gasteiger partial charge in [0.15, 0.2) is 5.69 Å². The number of benzene rings is 1. The first kappa shape index (κ1) is 20.1. The van der Waals surface area contributed by atoms with Crippen molar-refractivity contribution in [3.05, 3.63) is 52.9 Å². The van der Waals surface area contributed by atoms with Gasteiger partial charge >= 0.3 is 5.97 Å². The molecule has 28 heavy (non-hydrogen) atoms.